The highest BCUT2D eigenvalue weighted by Crippen LogP contribution is 2.38. The molecule has 18 heavy (non-hydrogen) atoms. The van der Waals surface area contributed by atoms with Crippen molar-refractivity contribution in [3.63, 3.8) is 0 Å². The molecule has 0 aliphatic heterocycles. The lowest BCUT2D eigenvalue weighted by Gasteiger charge is -2.04. The van der Waals surface area contributed by atoms with Gasteiger partial charge in [-0.25, -0.2) is 0 Å². The predicted molar refractivity (Wildman–Crippen MR) is 65.6 cm³/mol. The van der Waals surface area contributed by atoms with Gasteiger partial charge >= 0.3 is 0 Å². The lowest BCUT2D eigenvalue weighted by atomic mass is 10.0. The number of rotatable bonds is 6. The van der Waals surface area contributed by atoms with E-state index in [4.69, 9.17) is 10.3 Å². The van der Waals surface area contributed by atoms with Gasteiger partial charge in [0.25, 0.3) is 0 Å². The highest BCUT2D eigenvalue weighted by Gasteiger charge is 2.28. The average molecular weight is 252 g/mol. The molecular weight excluding hydrogens is 232 g/mol. The quantitative estimate of drug-likeness (QED) is 0.785. The molecule has 0 aromatic carbocycles. The van der Waals surface area contributed by atoms with Crippen molar-refractivity contribution in [1.82, 2.24) is 15.5 Å². The zero-order chi connectivity index (χ0) is 13.0. The maximum atomic E-state index is 10.6. The van der Waals surface area contributed by atoms with Crippen molar-refractivity contribution < 1.29 is 9.32 Å². The molecule has 6 nitrogen and oxygen atoms in total. The Morgan fingerprint density at radius 1 is 1.56 bits per heavy atom. The minimum absolute atomic E-state index is 0.124. The van der Waals surface area contributed by atoms with Crippen molar-refractivity contribution in [2.75, 3.05) is 6.54 Å². The number of nitrogens with two attached hydrogens (primary N) is 1. The molecule has 0 saturated heterocycles. The van der Waals surface area contributed by atoms with Gasteiger partial charge in [0.15, 0.2) is 5.82 Å². The third kappa shape index (κ3) is 3.29. The molecule has 1 fully saturated rings. The van der Waals surface area contributed by atoms with E-state index in [2.05, 4.69) is 22.4 Å². The Hall–Kier alpha value is -1.43. The highest BCUT2D eigenvalue weighted by atomic mass is 16.5. The summed E-state index contributed by atoms with van der Waals surface area (Å²) in [7, 11) is 0. The van der Waals surface area contributed by atoms with Crippen molar-refractivity contribution in [2.24, 2.45) is 11.7 Å². The van der Waals surface area contributed by atoms with Gasteiger partial charge in [-0.2, -0.15) is 4.98 Å². The van der Waals surface area contributed by atoms with Gasteiger partial charge in [0.05, 0.1) is 13.1 Å². The molecule has 6 heteroatoms. The summed E-state index contributed by atoms with van der Waals surface area (Å²) >= 11 is 0. The molecule has 3 N–H and O–H groups in total. The summed E-state index contributed by atoms with van der Waals surface area (Å²) in [6, 6.07) is 0. The summed E-state index contributed by atoms with van der Waals surface area (Å²) in [5.41, 5.74) is 5.02. The SMILES string of the molecule is CCC1CCC(c2noc(CNCC(N)=O)n2)C1. The molecule has 1 saturated carbocycles. The standard InChI is InChI=1S/C12H20N4O2/c1-2-8-3-4-9(5-8)12-15-11(18-16-12)7-14-6-10(13)17/h8-9,14H,2-7H2,1H3,(H2,13,17). The zero-order valence-electron chi connectivity index (χ0n) is 10.7. The van der Waals surface area contributed by atoms with Crippen molar-refractivity contribution >= 4 is 5.91 Å². The number of carbonyl (C=O) groups excluding carboxylic acids is 1. The van der Waals surface area contributed by atoms with Gasteiger partial charge in [0.1, 0.15) is 0 Å². The van der Waals surface area contributed by atoms with Crippen molar-refractivity contribution in [2.45, 2.75) is 45.1 Å². The monoisotopic (exact) mass is 252 g/mol. The fraction of sp³-hybridized carbons (Fsp3) is 0.750. The maximum Gasteiger partial charge on any atom is 0.240 e. The maximum absolute atomic E-state index is 10.6. The fourth-order valence-electron chi connectivity index (χ4n) is 2.48. The van der Waals surface area contributed by atoms with Gasteiger partial charge in [0.2, 0.25) is 11.8 Å². The minimum atomic E-state index is -0.392. The van der Waals surface area contributed by atoms with Crippen LogP contribution in [0.4, 0.5) is 0 Å². The van der Waals surface area contributed by atoms with Crippen LogP contribution in [0, 0.1) is 5.92 Å². The number of primary amides is 1. The van der Waals surface area contributed by atoms with E-state index in [0.717, 1.165) is 24.6 Å². The Morgan fingerprint density at radius 2 is 2.39 bits per heavy atom. The molecule has 1 amide bonds. The van der Waals surface area contributed by atoms with E-state index in [-0.39, 0.29) is 6.54 Å². The third-order valence-electron chi connectivity index (χ3n) is 3.54. The van der Waals surface area contributed by atoms with Gasteiger partial charge in [-0.1, -0.05) is 18.5 Å². The fourth-order valence-corrected chi connectivity index (χ4v) is 2.48. The van der Waals surface area contributed by atoms with Gasteiger partial charge < -0.3 is 10.3 Å². The Kier molecular flexibility index (Phi) is 4.30. The summed E-state index contributed by atoms with van der Waals surface area (Å²) in [6.45, 7) is 2.74. The first kappa shape index (κ1) is 13.0. The van der Waals surface area contributed by atoms with Crippen LogP contribution in [-0.4, -0.2) is 22.6 Å². The second kappa shape index (κ2) is 5.95. The minimum Gasteiger partial charge on any atom is -0.369 e. The third-order valence-corrected chi connectivity index (χ3v) is 3.54. The number of hydrogen-bond acceptors (Lipinski definition) is 5. The smallest absolute Gasteiger partial charge is 0.240 e. The Bertz CT molecular complexity index is 405. The Balaban J connectivity index is 1.84. The molecule has 2 atom stereocenters. The van der Waals surface area contributed by atoms with E-state index in [1.165, 1.54) is 12.8 Å². The summed E-state index contributed by atoms with van der Waals surface area (Å²) in [4.78, 5) is 14.9. The predicted octanol–water partition coefficient (Wildman–Crippen LogP) is 0.938. The van der Waals surface area contributed by atoms with Crippen LogP contribution in [0.1, 0.15) is 50.2 Å². The molecule has 100 valence electrons. The van der Waals surface area contributed by atoms with Crippen LogP contribution in [0.2, 0.25) is 0 Å². The number of nitrogens with zero attached hydrogens (tertiary/aromatic N) is 2. The van der Waals surface area contributed by atoms with Crippen LogP contribution in [-0.2, 0) is 11.3 Å². The first-order chi connectivity index (χ1) is 8.69. The average Bonchev–Trinajstić information content (AvgIpc) is 2.95. The van der Waals surface area contributed by atoms with Gasteiger partial charge in [0, 0.05) is 5.92 Å². The summed E-state index contributed by atoms with van der Waals surface area (Å²) < 4.78 is 5.15. The van der Waals surface area contributed by atoms with Gasteiger partial charge in [-0.3, -0.25) is 10.1 Å². The largest absolute Gasteiger partial charge is 0.369 e. The van der Waals surface area contributed by atoms with E-state index in [9.17, 15) is 4.79 Å². The molecule has 0 spiro atoms. The Labute approximate surface area is 106 Å². The summed E-state index contributed by atoms with van der Waals surface area (Å²) in [5, 5.41) is 6.88. The van der Waals surface area contributed by atoms with E-state index >= 15 is 0 Å². The summed E-state index contributed by atoms with van der Waals surface area (Å²) in [6.07, 6.45) is 4.78. The van der Waals surface area contributed by atoms with Crippen molar-refractivity contribution in [3.05, 3.63) is 11.7 Å². The number of nitrogens with one attached hydrogen (secondary N) is 1. The van der Waals surface area contributed by atoms with Crippen LogP contribution < -0.4 is 11.1 Å². The first-order valence-electron chi connectivity index (χ1n) is 6.50. The molecular formula is C12H20N4O2. The lowest BCUT2D eigenvalue weighted by Crippen LogP contribution is -2.28. The second-order valence-corrected chi connectivity index (χ2v) is 4.90. The number of aromatic nitrogens is 2. The molecule has 2 unspecified atom stereocenters. The highest BCUT2D eigenvalue weighted by molar-refractivity contribution is 5.75. The number of carbonyl (C=O) groups is 1. The van der Waals surface area contributed by atoms with Crippen LogP contribution >= 0.6 is 0 Å². The van der Waals surface area contributed by atoms with Crippen LogP contribution in [0.25, 0.3) is 0 Å². The van der Waals surface area contributed by atoms with E-state index in [1.807, 2.05) is 0 Å². The number of hydrogen-bond donors (Lipinski definition) is 2. The first-order valence-corrected chi connectivity index (χ1v) is 6.50. The molecule has 1 heterocycles. The normalized spacial score (nSPS) is 23.4. The lowest BCUT2D eigenvalue weighted by molar-refractivity contribution is -0.117. The molecule has 0 bridgehead atoms. The van der Waals surface area contributed by atoms with Gasteiger partial charge in [-0.15, -0.1) is 0 Å². The van der Waals surface area contributed by atoms with Crippen molar-refractivity contribution in [3.8, 4) is 0 Å². The van der Waals surface area contributed by atoms with Crippen LogP contribution in [0.15, 0.2) is 4.52 Å². The zero-order valence-corrected chi connectivity index (χ0v) is 10.7. The van der Waals surface area contributed by atoms with E-state index in [1.54, 1.807) is 0 Å². The molecule has 1 aromatic rings. The molecule has 2 rings (SSSR count). The Morgan fingerprint density at radius 3 is 3.06 bits per heavy atom. The topological polar surface area (TPSA) is 94.0 Å². The second-order valence-electron chi connectivity index (χ2n) is 4.90. The molecule has 0 radical (unpaired) electrons. The summed E-state index contributed by atoms with van der Waals surface area (Å²) in [5.74, 6) is 2.16. The number of amides is 1. The van der Waals surface area contributed by atoms with Crippen LogP contribution in [0.3, 0.4) is 0 Å². The van der Waals surface area contributed by atoms with Crippen LogP contribution in [0.5, 0.6) is 0 Å². The molecule has 1 aliphatic carbocycles. The van der Waals surface area contributed by atoms with Crippen molar-refractivity contribution in [1.29, 1.82) is 0 Å². The molecule has 1 aliphatic rings. The van der Waals surface area contributed by atoms with Gasteiger partial charge in [-0.05, 0) is 25.2 Å². The van der Waals surface area contributed by atoms with E-state index < -0.39 is 5.91 Å². The van der Waals surface area contributed by atoms with E-state index in [0.29, 0.717) is 18.4 Å². The molecule has 1 aromatic heterocycles.